The number of carbonyl (C=O) groups is 1. The van der Waals surface area contributed by atoms with E-state index in [-0.39, 0.29) is 5.69 Å². The molecule has 1 atom stereocenters. The first kappa shape index (κ1) is 14.8. The van der Waals surface area contributed by atoms with E-state index in [4.69, 9.17) is 0 Å². The maximum Gasteiger partial charge on any atom is 0.358 e. The van der Waals surface area contributed by atoms with Crippen LogP contribution in [-0.2, 0) is 4.74 Å². The van der Waals surface area contributed by atoms with E-state index >= 15 is 0 Å². The highest BCUT2D eigenvalue weighted by Crippen LogP contribution is 2.16. The molecule has 6 heteroatoms. The molecule has 0 N–H and O–H groups in total. The number of esters is 1. The van der Waals surface area contributed by atoms with Crippen molar-refractivity contribution in [2.45, 2.75) is 19.4 Å². The van der Waals surface area contributed by atoms with Gasteiger partial charge in [-0.1, -0.05) is 6.92 Å². The van der Waals surface area contributed by atoms with Gasteiger partial charge in [0.25, 0.3) is 0 Å². The van der Waals surface area contributed by atoms with E-state index in [1.807, 2.05) is 7.05 Å². The SMILES string of the molecule is CCC(CSC)N(C)c1cncc(C(=O)OC)n1. The second-order valence-electron chi connectivity index (χ2n) is 3.88. The van der Waals surface area contributed by atoms with Gasteiger partial charge in [-0.25, -0.2) is 9.78 Å². The van der Waals surface area contributed by atoms with Gasteiger partial charge in [-0.2, -0.15) is 11.8 Å². The summed E-state index contributed by atoms with van der Waals surface area (Å²) in [4.78, 5) is 21.8. The topological polar surface area (TPSA) is 55.3 Å². The number of aromatic nitrogens is 2. The number of hydrogen-bond donors (Lipinski definition) is 0. The van der Waals surface area contributed by atoms with Crippen molar-refractivity contribution in [3.63, 3.8) is 0 Å². The number of hydrogen-bond acceptors (Lipinski definition) is 6. The van der Waals surface area contributed by atoms with E-state index < -0.39 is 5.97 Å². The first-order chi connectivity index (χ1) is 8.63. The third-order valence-corrected chi connectivity index (χ3v) is 3.47. The number of rotatable bonds is 6. The first-order valence-electron chi connectivity index (χ1n) is 5.76. The van der Waals surface area contributed by atoms with Crippen LogP contribution in [0.25, 0.3) is 0 Å². The Morgan fingerprint density at radius 1 is 1.56 bits per heavy atom. The molecule has 0 spiro atoms. The molecule has 1 rings (SSSR count). The van der Waals surface area contributed by atoms with Crippen LogP contribution in [-0.4, -0.2) is 48.1 Å². The van der Waals surface area contributed by atoms with Gasteiger partial charge in [0.2, 0.25) is 0 Å². The van der Waals surface area contributed by atoms with E-state index in [9.17, 15) is 4.79 Å². The van der Waals surface area contributed by atoms with Crippen molar-refractivity contribution in [1.82, 2.24) is 9.97 Å². The molecule has 1 unspecified atom stereocenters. The summed E-state index contributed by atoms with van der Waals surface area (Å²) >= 11 is 1.79. The molecule has 100 valence electrons. The summed E-state index contributed by atoms with van der Waals surface area (Å²) in [5.74, 6) is 1.24. The van der Waals surface area contributed by atoms with Crippen LogP contribution in [0.5, 0.6) is 0 Å². The van der Waals surface area contributed by atoms with E-state index in [1.165, 1.54) is 13.3 Å². The molecule has 0 saturated carbocycles. The summed E-state index contributed by atoms with van der Waals surface area (Å²) in [5, 5.41) is 0. The van der Waals surface area contributed by atoms with Crippen molar-refractivity contribution < 1.29 is 9.53 Å². The van der Waals surface area contributed by atoms with Gasteiger partial charge in [0.05, 0.1) is 19.5 Å². The van der Waals surface area contributed by atoms with Crippen molar-refractivity contribution in [3.05, 3.63) is 18.1 Å². The molecular weight excluding hydrogens is 250 g/mol. The molecule has 0 saturated heterocycles. The molecule has 0 aliphatic heterocycles. The summed E-state index contributed by atoms with van der Waals surface area (Å²) in [6.45, 7) is 2.13. The van der Waals surface area contributed by atoms with Gasteiger partial charge in [-0.3, -0.25) is 4.98 Å². The van der Waals surface area contributed by atoms with Crippen molar-refractivity contribution >= 4 is 23.5 Å². The maximum atomic E-state index is 11.4. The molecule has 1 aromatic heterocycles. The standard InChI is InChI=1S/C12H19N3O2S/c1-5-9(8-18-4)15(2)11-7-13-6-10(14-11)12(16)17-3/h6-7,9H,5,8H2,1-4H3. The first-order valence-corrected chi connectivity index (χ1v) is 7.15. The molecule has 0 aromatic carbocycles. The zero-order chi connectivity index (χ0) is 13.5. The molecule has 0 radical (unpaired) electrons. The van der Waals surface area contributed by atoms with Crippen LogP contribution >= 0.6 is 11.8 Å². The van der Waals surface area contributed by atoms with E-state index in [1.54, 1.807) is 18.0 Å². The Morgan fingerprint density at radius 2 is 2.28 bits per heavy atom. The molecule has 1 aromatic rings. The van der Waals surface area contributed by atoms with Gasteiger partial charge in [-0.05, 0) is 12.7 Å². The summed E-state index contributed by atoms with van der Waals surface area (Å²) in [6.07, 6.45) is 6.17. The van der Waals surface area contributed by atoms with Crippen molar-refractivity contribution in [1.29, 1.82) is 0 Å². The molecule has 0 amide bonds. The van der Waals surface area contributed by atoms with Gasteiger partial charge in [-0.15, -0.1) is 0 Å². The fourth-order valence-electron chi connectivity index (χ4n) is 1.61. The zero-order valence-corrected chi connectivity index (χ0v) is 12.0. The van der Waals surface area contributed by atoms with Crippen LogP contribution in [0.15, 0.2) is 12.4 Å². The normalized spacial score (nSPS) is 12.0. The Hall–Kier alpha value is -1.30. The van der Waals surface area contributed by atoms with Crippen LogP contribution in [0, 0.1) is 0 Å². The molecule has 0 fully saturated rings. The van der Waals surface area contributed by atoms with Crippen molar-refractivity contribution in [2.75, 3.05) is 31.1 Å². The lowest BCUT2D eigenvalue weighted by molar-refractivity contribution is 0.0593. The molecule has 0 aliphatic carbocycles. The predicted octanol–water partition coefficient (Wildman–Crippen LogP) is 1.84. The molecule has 18 heavy (non-hydrogen) atoms. The minimum atomic E-state index is -0.462. The van der Waals surface area contributed by atoms with Crippen LogP contribution in [0.2, 0.25) is 0 Å². The average Bonchev–Trinajstić information content (AvgIpc) is 2.43. The Labute approximate surface area is 112 Å². The van der Waals surface area contributed by atoms with Gasteiger partial charge in [0.15, 0.2) is 5.69 Å². The second-order valence-corrected chi connectivity index (χ2v) is 4.79. The van der Waals surface area contributed by atoms with E-state index in [0.29, 0.717) is 11.9 Å². The summed E-state index contributed by atoms with van der Waals surface area (Å²) < 4.78 is 4.64. The molecule has 0 bridgehead atoms. The molecular formula is C12H19N3O2S. The lowest BCUT2D eigenvalue weighted by Gasteiger charge is -2.27. The van der Waals surface area contributed by atoms with Gasteiger partial charge >= 0.3 is 5.97 Å². The number of carbonyl (C=O) groups excluding carboxylic acids is 1. The third-order valence-electron chi connectivity index (χ3n) is 2.76. The van der Waals surface area contributed by atoms with E-state index in [2.05, 4.69) is 32.8 Å². The average molecular weight is 269 g/mol. The highest BCUT2D eigenvalue weighted by Gasteiger charge is 2.16. The van der Waals surface area contributed by atoms with Crippen molar-refractivity contribution in [3.8, 4) is 0 Å². The fraction of sp³-hybridized carbons (Fsp3) is 0.583. The summed E-state index contributed by atoms with van der Waals surface area (Å²) in [5.41, 5.74) is 0.237. The molecule has 0 aliphatic rings. The Kier molecular flexibility index (Phi) is 5.91. The monoisotopic (exact) mass is 269 g/mol. The van der Waals surface area contributed by atoms with Crippen LogP contribution < -0.4 is 4.90 Å². The smallest absolute Gasteiger partial charge is 0.358 e. The summed E-state index contributed by atoms with van der Waals surface area (Å²) in [7, 11) is 3.30. The Balaban J connectivity index is 2.91. The van der Waals surface area contributed by atoms with Gasteiger partial charge < -0.3 is 9.64 Å². The highest BCUT2D eigenvalue weighted by molar-refractivity contribution is 7.98. The van der Waals surface area contributed by atoms with Crippen molar-refractivity contribution in [2.24, 2.45) is 0 Å². The molecule has 5 nitrogen and oxygen atoms in total. The lowest BCUT2D eigenvalue weighted by Crippen LogP contribution is -2.34. The van der Waals surface area contributed by atoms with Crippen LogP contribution in [0.4, 0.5) is 5.82 Å². The largest absolute Gasteiger partial charge is 0.464 e. The van der Waals surface area contributed by atoms with Crippen LogP contribution in [0.1, 0.15) is 23.8 Å². The fourth-order valence-corrected chi connectivity index (χ4v) is 2.46. The third kappa shape index (κ3) is 3.60. The highest BCUT2D eigenvalue weighted by atomic mass is 32.2. The lowest BCUT2D eigenvalue weighted by atomic mass is 10.2. The Bertz CT molecular complexity index is 401. The minimum absolute atomic E-state index is 0.237. The minimum Gasteiger partial charge on any atom is -0.464 e. The number of nitrogens with zero attached hydrogens (tertiary/aromatic N) is 3. The number of thioether (sulfide) groups is 1. The van der Waals surface area contributed by atoms with E-state index in [0.717, 1.165) is 12.2 Å². The van der Waals surface area contributed by atoms with Gasteiger partial charge in [0, 0.05) is 18.8 Å². The zero-order valence-electron chi connectivity index (χ0n) is 11.2. The number of ether oxygens (including phenoxy) is 1. The molecule has 1 heterocycles. The summed E-state index contributed by atoms with van der Waals surface area (Å²) in [6, 6.07) is 0.377. The Morgan fingerprint density at radius 3 is 2.83 bits per heavy atom. The predicted molar refractivity (Wildman–Crippen MR) is 74.2 cm³/mol. The number of methoxy groups -OCH3 is 1. The van der Waals surface area contributed by atoms with Crippen LogP contribution in [0.3, 0.4) is 0 Å². The second kappa shape index (κ2) is 7.20. The number of anilines is 1. The van der Waals surface area contributed by atoms with Gasteiger partial charge in [0.1, 0.15) is 5.82 Å². The maximum absolute atomic E-state index is 11.4. The quantitative estimate of drug-likeness (QED) is 0.735.